The maximum absolute atomic E-state index is 12.0. The lowest BCUT2D eigenvalue weighted by Crippen LogP contribution is -2.51. The molecule has 7 N–H and O–H groups in total. The Balaban J connectivity index is 3.24. The number of aliphatic imine (C=N–C) groups is 1. The second kappa shape index (κ2) is 8.86. The van der Waals surface area contributed by atoms with Crippen LogP contribution in [0.3, 0.4) is 0 Å². The zero-order valence-electron chi connectivity index (χ0n) is 14.6. The van der Waals surface area contributed by atoms with Gasteiger partial charge in [0.15, 0.2) is 5.96 Å². The van der Waals surface area contributed by atoms with Crippen LogP contribution in [0.5, 0.6) is 0 Å². The van der Waals surface area contributed by atoms with E-state index in [2.05, 4.69) is 10.3 Å². The number of carboxylic acids is 1. The fourth-order valence-electron chi connectivity index (χ4n) is 3.69. The Morgan fingerprint density at radius 1 is 1.25 bits per heavy atom. The Morgan fingerprint density at radius 2 is 1.83 bits per heavy atom. The number of nitrogens with zero attached hydrogens (tertiary/aromatic N) is 1. The summed E-state index contributed by atoms with van der Waals surface area (Å²) in [7, 11) is 0. The van der Waals surface area contributed by atoms with E-state index in [0.29, 0.717) is 6.42 Å². The van der Waals surface area contributed by atoms with Crippen LogP contribution in [0.4, 0.5) is 0 Å². The molecule has 8 nitrogen and oxygen atoms in total. The number of aliphatic carboxylic acids is 1. The van der Waals surface area contributed by atoms with Crippen molar-refractivity contribution in [3.8, 4) is 0 Å². The zero-order chi connectivity index (χ0) is 18.4. The van der Waals surface area contributed by atoms with Crippen LogP contribution in [0.15, 0.2) is 4.99 Å². The predicted octanol–water partition coefficient (Wildman–Crippen LogP) is 0.0410. The largest absolute Gasteiger partial charge is 0.481 e. The fourth-order valence-corrected chi connectivity index (χ4v) is 3.69. The molecule has 138 valence electrons. The zero-order valence-corrected chi connectivity index (χ0v) is 14.6. The minimum absolute atomic E-state index is 0.101. The van der Waals surface area contributed by atoms with Crippen molar-refractivity contribution in [1.82, 2.24) is 5.32 Å². The van der Waals surface area contributed by atoms with E-state index in [9.17, 15) is 19.8 Å². The van der Waals surface area contributed by atoms with E-state index in [1.807, 2.05) is 13.8 Å². The van der Waals surface area contributed by atoms with Crippen molar-refractivity contribution in [2.24, 2.45) is 34.2 Å². The number of hydrogen-bond acceptors (Lipinski definition) is 4. The van der Waals surface area contributed by atoms with Gasteiger partial charge in [-0.15, -0.1) is 0 Å². The first-order chi connectivity index (χ1) is 11.3. The van der Waals surface area contributed by atoms with Gasteiger partial charge >= 0.3 is 5.97 Å². The van der Waals surface area contributed by atoms with E-state index < -0.39 is 30.0 Å². The molecule has 1 amide bonds. The average Bonchev–Trinajstić information content (AvgIpc) is 2.83. The lowest BCUT2D eigenvalue weighted by molar-refractivity contribution is -0.145. The molecule has 0 saturated heterocycles. The Bertz CT molecular complexity index is 475. The van der Waals surface area contributed by atoms with E-state index >= 15 is 0 Å². The molecule has 1 aliphatic rings. The van der Waals surface area contributed by atoms with Crippen LogP contribution in [0.1, 0.15) is 46.5 Å². The molecule has 1 rings (SSSR count). The number of nitrogens with two attached hydrogens (primary N) is 2. The number of amides is 1. The molecule has 0 bridgehead atoms. The van der Waals surface area contributed by atoms with Gasteiger partial charge in [0.25, 0.3) is 0 Å². The van der Waals surface area contributed by atoms with E-state index in [1.165, 1.54) is 0 Å². The van der Waals surface area contributed by atoms with E-state index in [0.717, 1.165) is 12.8 Å². The first-order valence-electron chi connectivity index (χ1n) is 8.55. The highest BCUT2D eigenvalue weighted by Gasteiger charge is 2.50. The molecule has 1 aliphatic carbocycles. The second-order valence-electron chi connectivity index (χ2n) is 6.39. The number of aliphatic hydroxyl groups is 1. The van der Waals surface area contributed by atoms with Gasteiger partial charge in [0.2, 0.25) is 5.91 Å². The number of hydrogen-bond donors (Lipinski definition) is 5. The first-order valence-corrected chi connectivity index (χ1v) is 8.55. The lowest BCUT2D eigenvalue weighted by Gasteiger charge is -2.35. The van der Waals surface area contributed by atoms with Gasteiger partial charge in [-0.05, 0) is 12.3 Å². The monoisotopic (exact) mass is 342 g/mol. The van der Waals surface area contributed by atoms with Gasteiger partial charge in [0.1, 0.15) is 0 Å². The number of aliphatic hydroxyl groups excluding tert-OH is 1. The van der Waals surface area contributed by atoms with E-state index in [-0.39, 0.29) is 30.2 Å². The molecule has 0 unspecified atom stereocenters. The van der Waals surface area contributed by atoms with Crippen LogP contribution in [0, 0.1) is 17.8 Å². The van der Waals surface area contributed by atoms with Crippen LogP contribution in [0.25, 0.3) is 0 Å². The van der Waals surface area contributed by atoms with Gasteiger partial charge < -0.3 is 27.0 Å². The van der Waals surface area contributed by atoms with Gasteiger partial charge in [0, 0.05) is 18.4 Å². The molecular formula is C16H30N4O4. The number of carboxylic acid groups (broad SMARTS) is 1. The van der Waals surface area contributed by atoms with Crippen LogP contribution in [0.2, 0.25) is 0 Å². The molecule has 1 fully saturated rings. The number of nitrogens with one attached hydrogen (secondary N) is 1. The highest BCUT2D eigenvalue weighted by molar-refractivity contribution is 5.77. The summed E-state index contributed by atoms with van der Waals surface area (Å²) in [5, 5.41) is 22.9. The number of rotatable bonds is 8. The summed E-state index contributed by atoms with van der Waals surface area (Å²) in [5.74, 6) is -2.74. The predicted molar refractivity (Wildman–Crippen MR) is 91.1 cm³/mol. The highest BCUT2D eigenvalue weighted by Crippen LogP contribution is 2.39. The van der Waals surface area contributed by atoms with Gasteiger partial charge in [-0.1, -0.05) is 33.6 Å². The minimum Gasteiger partial charge on any atom is -0.481 e. The van der Waals surface area contributed by atoms with Gasteiger partial charge in [-0.2, -0.15) is 0 Å². The molecule has 0 aliphatic heterocycles. The van der Waals surface area contributed by atoms with Crippen molar-refractivity contribution in [2.75, 3.05) is 0 Å². The van der Waals surface area contributed by atoms with Crippen molar-refractivity contribution in [3.63, 3.8) is 0 Å². The summed E-state index contributed by atoms with van der Waals surface area (Å²) >= 11 is 0. The third-order valence-electron chi connectivity index (χ3n) is 5.00. The molecule has 5 atom stereocenters. The van der Waals surface area contributed by atoms with Gasteiger partial charge in [0.05, 0.1) is 18.1 Å². The molecule has 0 aromatic rings. The summed E-state index contributed by atoms with van der Waals surface area (Å²) in [6, 6.07) is -0.909. The quantitative estimate of drug-likeness (QED) is 0.310. The van der Waals surface area contributed by atoms with Crippen LogP contribution in [-0.4, -0.2) is 46.2 Å². The molecular weight excluding hydrogens is 312 g/mol. The van der Waals surface area contributed by atoms with Crippen molar-refractivity contribution >= 4 is 17.8 Å². The van der Waals surface area contributed by atoms with Crippen LogP contribution >= 0.6 is 0 Å². The standard InChI is InChI=1S/C16H30N4O4/c1-4-8(5-2)13(20-11(21)6-3)12-10(19-16(17)18)7-9(14(12)22)15(23)24/h8-10,12-14,22H,4-7H2,1-3H3,(H,20,21)(H,23,24)(H4,17,18,19)/t9-,10+,12+,13-,14+/m0/s1. The third-order valence-corrected chi connectivity index (χ3v) is 5.00. The Morgan fingerprint density at radius 3 is 2.25 bits per heavy atom. The van der Waals surface area contributed by atoms with Crippen molar-refractivity contribution in [1.29, 1.82) is 0 Å². The SMILES string of the molecule is CCC(=O)N[C@@H](C(CC)CC)[C@@H]1[C@H](O)[C@@H](C(=O)O)C[C@H]1N=C(N)N. The Labute approximate surface area is 142 Å². The smallest absolute Gasteiger partial charge is 0.309 e. The molecule has 8 heteroatoms. The summed E-state index contributed by atoms with van der Waals surface area (Å²) in [6.45, 7) is 5.76. The molecule has 24 heavy (non-hydrogen) atoms. The van der Waals surface area contributed by atoms with Crippen molar-refractivity contribution < 1.29 is 19.8 Å². The topological polar surface area (TPSA) is 151 Å². The molecule has 0 spiro atoms. The maximum Gasteiger partial charge on any atom is 0.309 e. The normalized spacial score (nSPS) is 27.7. The molecule has 0 aromatic heterocycles. The molecule has 0 heterocycles. The summed E-state index contributed by atoms with van der Waals surface area (Å²) in [6.07, 6.45) is 0.937. The van der Waals surface area contributed by atoms with Crippen LogP contribution in [-0.2, 0) is 9.59 Å². The minimum atomic E-state index is -1.11. The average molecular weight is 342 g/mol. The van der Waals surface area contributed by atoms with Crippen molar-refractivity contribution in [2.45, 2.75) is 64.6 Å². The third kappa shape index (κ3) is 4.59. The second-order valence-corrected chi connectivity index (χ2v) is 6.39. The van der Waals surface area contributed by atoms with Crippen LogP contribution < -0.4 is 16.8 Å². The number of guanidine groups is 1. The number of carbonyl (C=O) groups is 2. The van der Waals surface area contributed by atoms with Gasteiger partial charge in [-0.3, -0.25) is 9.59 Å². The summed E-state index contributed by atoms with van der Waals surface area (Å²) in [5.41, 5.74) is 11.0. The number of carbonyl (C=O) groups excluding carboxylic acids is 1. The Hall–Kier alpha value is -1.83. The lowest BCUT2D eigenvalue weighted by atomic mass is 9.80. The highest BCUT2D eigenvalue weighted by atomic mass is 16.4. The van der Waals surface area contributed by atoms with E-state index in [1.54, 1.807) is 6.92 Å². The summed E-state index contributed by atoms with van der Waals surface area (Å²) < 4.78 is 0. The van der Waals surface area contributed by atoms with E-state index in [4.69, 9.17) is 11.5 Å². The molecule has 0 aromatic carbocycles. The first kappa shape index (κ1) is 20.2. The molecule has 0 radical (unpaired) electrons. The maximum atomic E-state index is 12.0. The van der Waals surface area contributed by atoms with Gasteiger partial charge in [-0.25, -0.2) is 4.99 Å². The summed E-state index contributed by atoms with van der Waals surface area (Å²) in [4.78, 5) is 27.6. The fraction of sp³-hybridized carbons (Fsp3) is 0.812. The Kier molecular flexibility index (Phi) is 7.47. The van der Waals surface area contributed by atoms with Crippen molar-refractivity contribution in [3.05, 3.63) is 0 Å². The molecule has 1 saturated carbocycles.